The Labute approximate surface area is 131 Å². The molecule has 0 heterocycles. The molecule has 0 nitrogen and oxygen atoms in total. The molecule has 0 fully saturated rings. The Morgan fingerprint density at radius 1 is 1.00 bits per heavy atom. The van der Waals surface area contributed by atoms with Crippen molar-refractivity contribution in [2.75, 3.05) is 0 Å². The normalized spacial score (nSPS) is 14.4. The molecule has 2 rings (SSSR count). The van der Waals surface area contributed by atoms with E-state index in [1.54, 1.807) is 0 Å². The van der Waals surface area contributed by atoms with Crippen LogP contribution >= 0.6 is 15.9 Å². The van der Waals surface area contributed by atoms with Gasteiger partial charge in [0.05, 0.1) is 0 Å². The zero-order chi connectivity index (χ0) is 14.5. The molecule has 0 spiro atoms. The Kier molecular flexibility index (Phi) is 5.65. The van der Waals surface area contributed by atoms with Crippen molar-refractivity contribution in [3.8, 4) is 0 Å². The van der Waals surface area contributed by atoms with E-state index in [0.717, 1.165) is 5.92 Å². The maximum absolute atomic E-state index is 3.99. The Morgan fingerprint density at radius 3 is 2.35 bits per heavy atom. The van der Waals surface area contributed by atoms with E-state index in [-0.39, 0.29) is 0 Å². The number of rotatable bonds is 6. The van der Waals surface area contributed by atoms with Gasteiger partial charge in [0.15, 0.2) is 0 Å². The van der Waals surface area contributed by atoms with E-state index in [1.165, 1.54) is 47.6 Å². The molecule has 0 aliphatic rings. The largest absolute Gasteiger partial charge is 0.0836 e. The summed E-state index contributed by atoms with van der Waals surface area (Å²) in [6.07, 6.45) is 5.15. The zero-order valence-electron chi connectivity index (χ0n) is 12.8. The number of hydrogen-bond donors (Lipinski definition) is 0. The van der Waals surface area contributed by atoms with Crippen LogP contribution in [0.5, 0.6) is 0 Å². The molecular formula is C19H25Br. The van der Waals surface area contributed by atoms with Crippen molar-refractivity contribution >= 4 is 26.7 Å². The molecule has 0 radical (unpaired) electrons. The third-order valence-corrected chi connectivity index (χ3v) is 5.58. The fourth-order valence-corrected chi connectivity index (χ4v) is 4.03. The fraction of sp³-hybridized carbons (Fsp3) is 0.474. The number of halogens is 1. The van der Waals surface area contributed by atoms with E-state index in [9.17, 15) is 0 Å². The topological polar surface area (TPSA) is 0 Å². The van der Waals surface area contributed by atoms with E-state index in [2.05, 4.69) is 73.1 Å². The van der Waals surface area contributed by atoms with Crippen molar-refractivity contribution in [2.45, 2.75) is 51.3 Å². The van der Waals surface area contributed by atoms with Gasteiger partial charge in [-0.2, -0.15) is 0 Å². The Hall–Kier alpha value is -0.820. The molecule has 0 aromatic heterocycles. The summed E-state index contributed by atoms with van der Waals surface area (Å²) in [4.78, 5) is 0.463. The molecule has 0 saturated heterocycles. The lowest BCUT2D eigenvalue weighted by atomic mass is 9.88. The van der Waals surface area contributed by atoms with Crippen molar-refractivity contribution in [1.82, 2.24) is 0 Å². The summed E-state index contributed by atoms with van der Waals surface area (Å²) >= 11 is 3.99. The van der Waals surface area contributed by atoms with Gasteiger partial charge in [-0.25, -0.2) is 0 Å². The maximum Gasteiger partial charge on any atom is 0.0429 e. The van der Waals surface area contributed by atoms with Gasteiger partial charge in [-0.15, -0.1) is 0 Å². The Balaban J connectivity index is 2.38. The van der Waals surface area contributed by atoms with Crippen molar-refractivity contribution < 1.29 is 0 Å². The van der Waals surface area contributed by atoms with Crippen LogP contribution < -0.4 is 0 Å². The molecule has 0 aliphatic carbocycles. The van der Waals surface area contributed by atoms with E-state index in [1.807, 2.05) is 0 Å². The number of hydrogen-bond acceptors (Lipinski definition) is 0. The summed E-state index contributed by atoms with van der Waals surface area (Å²) in [5.41, 5.74) is 2.82. The van der Waals surface area contributed by atoms with E-state index in [4.69, 9.17) is 0 Å². The van der Waals surface area contributed by atoms with Gasteiger partial charge in [0.1, 0.15) is 0 Å². The maximum atomic E-state index is 3.99. The van der Waals surface area contributed by atoms with Crippen molar-refractivity contribution in [3.63, 3.8) is 0 Å². The highest BCUT2D eigenvalue weighted by molar-refractivity contribution is 9.09. The molecule has 2 atom stereocenters. The van der Waals surface area contributed by atoms with Crippen LogP contribution in [0.3, 0.4) is 0 Å². The molecule has 0 saturated carbocycles. The summed E-state index contributed by atoms with van der Waals surface area (Å²) < 4.78 is 0. The van der Waals surface area contributed by atoms with Crippen molar-refractivity contribution in [3.05, 3.63) is 47.5 Å². The van der Waals surface area contributed by atoms with Gasteiger partial charge < -0.3 is 0 Å². The van der Waals surface area contributed by atoms with Gasteiger partial charge in [0.2, 0.25) is 0 Å². The molecule has 2 aromatic rings. The van der Waals surface area contributed by atoms with E-state index in [0.29, 0.717) is 4.83 Å². The summed E-state index contributed by atoms with van der Waals surface area (Å²) in [6.45, 7) is 6.78. The van der Waals surface area contributed by atoms with Crippen molar-refractivity contribution in [1.29, 1.82) is 0 Å². The van der Waals surface area contributed by atoms with Crippen LogP contribution in [-0.4, -0.2) is 0 Å². The van der Waals surface area contributed by atoms with Crippen LogP contribution in [-0.2, 0) is 0 Å². The minimum absolute atomic E-state index is 0.463. The number of aryl methyl sites for hydroxylation is 1. The van der Waals surface area contributed by atoms with E-state index < -0.39 is 0 Å². The van der Waals surface area contributed by atoms with Crippen LogP contribution in [0, 0.1) is 12.8 Å². The highest BCUT2D eigenvalue weighted by atomic mass is 79.9. The summed E-state index contributed by atoms with van der Waals surface area (Å²) in [7, 11) is 0. The second kappa shape index (κ2) is 7.26. The van der Waals surface area contributed by atoms with Crippen LogP contribution in [0.4, 0.5) is 0 Å². The van der Waals surface area contributed by atoms with Gasteiger partial charge in [0.25, 0.3) is 0 Å². The van der Waals surface area contributed by atoms with Gasteiger partial charge in [-0.1, -0.05) is 85.4 Å². The zero-order valence-corrected chi connectivity index (χ0v) is 14.4. The van der Waals surface area contributed by atoms with E-state index >= 15 is 0 Å². The lowest BCUT2D eigenvalue weighted by molar-refractivity contribution is 0.447. The average Bonchev–Trinajstić information content (AvgIpc) is 2.48. The first-order valence-corrected chi connectivity index (χ1v) is 8.72. The van der Waals surface area contributed by atoms with Gasteiger partial charge >= 0.3 is 0 Å². The first-order chi connectivity index (χ1) is 9.69. The fourth-order valence-electron chi connectivity index (χ4n) is 2.99. The van der Waals surface area contributed by atoms with Gasteiger partial charge in [-0.05, 0) is 41.2 Å². The molecule has 0 bridgehead atoms. The second-order valence-electron chi connectivity index (χ2n) is 5.73. The number of fused-ring (bicyclic) bond motifs is 1. The molecule has 108 valence electrons. The van der Waals surface area contributed by atoms with Crippen molar-refractivity contribution in [2.24, 2.45) is 5.92 Å². The molecule has 0 aliphatic heterocycles. The molecule has 1 heteroatoms. The smallest absolute Gasteiger partial charge is 0.0429 e. The molecule has 20 heavy (non-hydrogen) atoms. The second-order valence-corrected chi connectivity index (χ2v) is 6.72. The summed E-state index contributed by atoms with van der Waals surface area (Å²) in [5.74, 6) is 0.723. The highest BCUT2D eigenvalue weighted by Crippen LogP contribution is 2.40. The van der Waals surface area contributed by atoms with Gasteiger partial charge in [0, 0.05) is 4.83 Å². The third-order valence-electron chi connectivity index (χ3n) is 4.34. The Morgan fingerprint density at radius 2 is 1.70 bits per heavy atom. The molecule has 0 amide bonds. The standard InChI is InChI=1S/C19H25Br/c1-4-6-9-15(5-2)19(20)18-13-12-14(3)16-10-7-8-11-17(16)18/h7-8,10-13,15,19H,4-6,9H2,1-3H3. The monoisotopic (exact) mass is 332 g/mol. The van der Waals surface area contributed by atoms with Crippen LogP contribution in [0.1, 0.15) is 55.5 Å². The quantitative estimate of drug-likeness (QED) is 0.510. The number of benzene rings is 2. The lowest BCUT2D eigenvalue weighted by Crippen LogP contribution is -2.07. The molecule has 2 aromatic carbocycles. The average molecular weight is 333 g/mol. The predicted octanol–water partition coefficient (Wildman–Crippen LogP) is 6.80. The Bertz CT molecular complexity index is 559. The lowest BCUT2D eigenvalue weighted by Gasteiger charge is -2.23. The number of alkyl halides is 1. The predicted molar refractivity (Wildman–Crippen MR) is 93.7 cm³/mol. The molecule has 2 unspecified atom stereocenters. The first-order valence-electron chi connectivity index (χ1n) is 7.81. The molecular weight excluding hydrogens is 308 g/mol. The first kappa shape index (κ1) is 15.6. The van der Waals surface area contributed by atoms with Crippen LogP contribution in [0.15, 0.2) is 36.4 Å². The highest BCUT2D eigenvalue weighted by Gasteiger charge is 2.20. The minimum Gasteiger partial charge on any atom is -0.0836 e. The summed E-state index contributed by atoms with van der Waals surface area (Å²) in [5, 5.41) is 2.80. The van der Waals surface area contributed by atoms with Crippen LogP contribution in [0.2, 0.25) is 0 Å². The van der Waals surface area contributed by atoms with Gasteiger partial charge in [-0.3, -0.25) is 0 Å². The number of unbranched alkanes of at least 4 members (excludes halogenated alkanes) is 1. The summed E-state index contributed by atoms with van der Waals surface area (Å²) in [6, 6.07) is 13.4. The van der Waals surface area contributed by atoms with Crippen LogP contribution in [0.25, 0.3) is 10.8 Å². The SMILES string of the molecule is CCCCC(CC)C(Br)c1ccc(C)c2ccccc12. The third kappa shape index (κ3) is 3.25. The molecule has 0 N–H and O–H groups in total. The minimum atomic E-state index is 0.463.